The largest absolute Gasteiger partial charge is 0.506 e. The number of thioether (sulfide) groups is 1. The van der Waals surface area contributed by atoms with Crippen LogP contribution < -0.4 is 4.74 Å². The molecule has 0 spiro atoms. The van der Waals surface area contributed by atoms with Crippen LogP contribution in [0.4, 0.5) is 5.69 Å². The topological polar surface area (TPSA) is 73.0 Å². The van der Waals surface area contributed by atoms with Crippen molar-refractivity contribution in [2.75, 3.05) is 13.2 Å². The number of ether oxygens (including phenoxy) is 2. The molecule has 2 heterocycles. The van der Waals surface area contributed by atoms with Crippen LogP contribution in [0, 0.1) is 6.92 Å². The molecule has 0 radical (unpaired) electrons. The van der Waals surface area contributed by atoms with E-state index >= 15 is 0 Å². The second-order valence-electron chi connectivity index (χ2n) is 8.91. The SMILES string of the molecule is CCOC(=O)C1=C(O)/C(=C/c2cn(CCOc3ccccc3)c3ccc(Br)cc23)SC1=Nc1ccc(C)cc1. The standard InChI is InChI=1S/C31H27BrN2O4S/c1-3-37-31(36)28-29(35)27(39-30(28)33-23-12-9-20(2)10-13-23)17-21-19-34(26-14-11-22(32)18-25(21)26)15-16-38-24-7-5-4-6-8-24/h4-14,17-19,35H,3,15-16H2,1-2H3/b27-17-,33-30?. The zero-order valence-corrected chi connectivity index (χ0v) is 24.0. The first-order valence-electron chi connectivity index (χ1n) is 12.5. The number of nitrogens with zero attached hydrogens (tertiary/aromatic N) is 2. The molecule has 1 N–H and O–H groups in total. The van der Waals surface area contributed by atoms with E-state index in [-0.39, 0.29) is 17.9 Å². The average molecular weight is 604 g/mol. The third-order valence-electron chi connectivity index (χ3n) is 6.14. The molecule has 6 nitrogen and oxygen atoms in total. The number of benzene rings is 3. The lowest BCUT2D eigenvalue weighted by molar-refractivity contribution is -0.138. The van der Waals surface area contributed by atoms with Gasteiger partial charge in [0.2, 0.25) is 0 Å². The molecule has 39 heavy (non-hydrogen) atoms. The van der Waals surface area contributed by atoms with E-state index in [2.05, 4.69) is 31.6 Å². The fourth-order valence-corrected chi connectivity index (χ4v) is 5.63. The molecule has 0 saturated carbocycles. The Morgan fingerprint density at radius 2 is 1.87 bits per heavy atom. The number of halogens is 1. The maximum absolute atomic E-state index is 12.8. The number of fused-ring (bicyclic) bond motifs is 1. The summed E-state index contributed by atoms with van der Waals surface area (Å²) in [6.07, 6.45) is 3.92. The van der Waals surface area contributed by atoms with Gasteiger partial charge in [-0.2, -0.15) is 0 Å². The van der Waals surface area contributed by atoms with Crippen LogP contribution in [0.2, 0.25) is 0 Å². The molecule has 0 bridgehead atoms. The van der Waals surface area contributed by atoms with Crippen LogP contribution in [0.15, 0.2) is 105 Å². The zero-order valence-electron chi connectivity index (χ0n) is 21.6. The Morgan fingerprint density at radius 3 is 2.62 bits per heavy atom. The van der Waals surface area contributed by atoms with Crippen LogP contribution in [-0.4, -0.2) is 33.9 Å². The van der Waals surface area contributed by atoms with Crippen molar-refractivity contribution in [1.82, 2.24) is 4.57 Å². The number of aryl methyl sites for hydroxylation is 1. The Balaban J connectivity index is 1.50. The molecule has 1 aliphatic rings. The fraction of sp³-hybridized carbons (Fsp3) is 0.161. The van der Waals surface area contributed by atoms with Crippen LogP contribution in [0.3, 0.4) is 0 Å². The van der Waals surface area contributed by atoms with Crippen molar-refractivity contribution in [3.63, 3.8) is 0 Å². The number of hydrogen-bond acceptors (Lipinski definition) is 6. The molecule has 0 unspecified atom stereocenters. The number of para-hydroxylation sites is 1. The van der Waals surface area contributed by atoms with Crippen LogP contribution in [0.1, 0.15) is 18.1 Å². The van der Waals surface area contributed by atoms with Crippen molar-refractivity contribution >= 4 is 61.4 Å². The van der Waals surface area contributed by atoms with E-state index in [9.17, 15) is 9.90 Å². The number of hydrogen-bond donors (Lipinski definition) is 1. The zero-order chi connectivity index (χ0) is 27.4. The first kappa shape index (κ1) is 26.8. The Bertz CT molecular complexity index is 1610. The summed E-state index contributed by atoms with van der Waals surface area (Å²) in [5, 5.41) is 12.6. The van der Waals surface area contributed by atoms with E-state index in [1.165, 1.54) is 11.8 Å². The minimum atomic E-state index is -0.597. The molecule has 0 saturated heterocycles. The number of aromatic nitrogens is 1. The number of aliphatic hydroxyl groups excluding tert-OH is 1. The lowest BCUT2D eigenvalue weighted by Crippen LogP contribution is -2.12. The number of aliphatic imine (C=N–C) groups is 1. The third-order valence-corrected chi connectivity index (χ3v) is 7.65. The first-order chi connectivity index (χ1) is 18.9. The van der Waals surface area contributed by atoms with Crippen LogP contribution in [0.5, 0.6) is 5.75 Å². The Hall–Kier alpha value is -3.75. The van der Waals surface area contributed by atoms with Gasteiger partial charge < -0.3 is 19.1 Å². The van der Waals surface area contributed by atoms with Gasteiger partial charge in [0, 0.05) is 27.1 Å². The Morgan fingerprint density at radius 1 is 1.10 bits per heavy atom. The highest BCUT2D eigenvalue weighted by atomic mass is 79.9. The minimum Gasteiger partial charge on any atom is -0.506 e. The third kappa shape index (κ3) is 6.13. The first-order valence-corrected chi connectivity index (χ1v) is 14.2. The highest BCUT2D eigenvalue weighted by Crippen LogP contribution is 2.41. The molecule has 0 fully saturated rings. The van der Waals surface area contributed by atoms with Crippen molar-refractivity contribution in [2.45, 2.75) is 20.4 Å². The number of aliphatic hydroxyl groups is 1. The van der Waals surface area contributed by atoms with E-state index in [1.54, 1.807) is 6.92 Å². The summed E-state index contributed by atoms with van der Waals surface area (Å²) in [5.74, 6) is 0.0935. The van der Waals surface area contributed by atoms with Gasteiger partial charge in [0.15, 0.2) is 0 Å². The number of rotatable bonds is 8. The summed E-state index contributed by atoms with van der Waals surface area (Å²) >= 11 is 4.83. The maximum Gasteiger partial charge on any atom is 0.344 e. The maximum atomic E-state index is 12.8. The lowest BCUT2D eigenvalue weighted by atomic mass is 10.1. The molecule has 0 aliphatic carbocycles. The predicted molar refractivity (Wildman–Crippen MR) is 162 cm³/mol. The van der Waals surface area contributed by atoms with Gasteiger partial charge >= 0.3 is 5.97 Å². The van der Waals surface area contributed by atoms with E-state index < -0.39 is 5.97 Å². The summed E-state index contributed by atoms with van der Waals surface area (Å²) in [5.41, 5.74) is 3.82. The van der Waals surface area contributed by atoms with Gasteiger partial charge in [0.25, 0.3) is 0 Å². The van der Waals surface area contributed by atoms with Crippen LogP contribution in [-0.2, 0) is 16.1 Å². The molecule has 1 aliphatic heterocycles. The van der Waals surface area contributed by atoms with Gasteiger partial charge in [0.1, 0.15) is 28.7 Å². The summed E-state index contributed by atoms with van der Waals surface area (Å²) in [6.45, 7) is 5.07. The minimum absolute atomic E-state index is 0.0786. The van der Waals surface area contributed by atoms with Crippen LogP contribution >= 0.6 is 27.7 Å². The van der Waals surface area contributed by atoms with Crippen molar-refractivity contribution in [3.05, 3.63) is 111 Å². The van der Waals surface area contributed by atoms with E-state index in [0.29, 0.717) is 28.8 Å². The number of carbonyl (C=O) groups excluding carboxylic acids is 1. The normalized spacial score (nSPS) is 15.5. The summed E-state index contributed by atoms with van der Waals surface area (Å²) in [6, 6.07) is 23.5. The average Bonchev–Trinajstić information content (AvgIpc) is 3.42. The van der Waals surface area contributed by atoms with E-state index in [4.69, 9.17) is 9.47 Å². The summed E-state index contributed by atoms with van der Waals surface area (Å²) in [4.78, 5) is 18.0. The summed E-state index contributed by atoms with van der Waals surface area (Å²) in [7, 11) is 0. The Labute approximate surface area is 239 Å². The van der Waals surface area contributed by atoms with Gasteiger partial charge in [-0.3, -0.25) is 0 Å². The fourth-order valence-electron chi connectivity index (χ4n) is 4.25. The lowest BCUT2D eigenvalue weighted by Gasteiger charge is -2.08. The molecule has 4 aromatic rings. The van der Waals surface area contributed by atoms with Crippen molar-refractivity contribution in [2.24, 2.45) is 4.99 Å². The van der Waals surface area contributed by atoms with Crippen molar-refractivity contribution < 1.29 is 19.4 Å². The van der Waals surface area contributed by atoms with Crippen molar-refractivity contribution in [1.29, 1.82) is 0 Å². The van der Waals surface area contributed by atoms with Gasteiger partial charge in [-0.1, -0.05) is 63.6 Å². The highest BCUT2D eigenvalue weighted by Gasteiger charge is 2.33. The van der Waals surface area contributed by atoms with E-state index in [1.807, 2.05) is 85.9 Å². The number of esters is 1. The summed E-state index contributed by atoms with van der Waals surface area (Å²) < 4.78 is 14.2. The van der Waals surface area contributed by atoms with E-state index in [0.717, 1.165) is 32.3 Å². The van der Waals surface area contributed by atoms with Gasteiger partial charge in [-0.05, 0) is 62.4 Å². The van der Waals surface area contributed by atoms with Crippen LogP contribution in [0.25, 0.3) is 17.0 Å². The molecule has 8 heteroatoms. The van der Waals surface area contributed by atoms with Crippen molar-refractivity contribution in [3.8, 4) is 5.75 Å². The van der Waals surface area contributed by atoms with Gasteiger partial charge in [-0.25, -0.2) is 9.79 Å². The number of carbonyl (C=O) groups is 1. The quantitative estimate of drug-likeness (QED) is 0.207. The van der Waals surface area contributed by atoms with Gasteiger partial charge in [-0.15, -0.1) is 0 Å². The highest BCUT2D eigenvalue weighted by molar-refractivity contribution is 9.10. The smallest absolute Gasteiger partial charge is 0.344 e. The molecule has 3 aromatic carbocycles. The second kappa shape index (κ2) is 12.0. The molecule has 0 atom stereocenters. The monoisotopic (exact) mass is 602 g/mol. The predicted octanol–water partition coefficient (Wildman–Crippen LogP) is 7.98. The molecule has 0 amide bonds. The molecular formula is C31H27BrN2O4S. The second-order valence-corrected chi connectivity index (χ2v) is 10.9. The molecule has 5 rings (SSSR count). The Kier molecular flexibility index (Phi) is 8.24. The van der Waals surface area contributed by atoms with Gasteiger partial charge in [0.05, 0.1) is 23.7 Å². The molecule has 1 aromatic heterocycles. The molecular weight excluding hydrogens is 576 g/mol. The molecule has 198 valence electrons.